The second kappa shape index (κ2) is 5.77. The van der Waals surface area contributed by atoms with E-state index in [0.29, 0.717) is 12.0 Å². The highest BCUT2D eigenvalue weighted by atomic mass is 32.2. The summed E-state index contributed by atoms with van der Waals surface area (Å²) in [5, 5.41) is 5.22. The minimum atomic E-state index is -2.87. The largest absolute Gasteiger partial charge is 0.285 e. The minimum Gasteiger partial charge on any atom is -0.266 e. The number of allylic oxidation sites excluding steroid dienone is 4. The van der Waals surface area contributed by atoms with Crippen molar-refractivity contribution >= 4 is 15.8 Å². The summed E-state index contributed by atoms with van der Waals surface area (Å²) in [7, 11) is -2.87. The smallest absolute Gasteiger partial charge is 0.266 e. The Hall–Kier alpha value is -1.20. The number of amides is 1. The molecule has 88 valence electrons. The second-order valence-corrected chi connectivity index (χ2v) is 5.51. The van der Waals surface area contributed by atoms with Crippen molar-refractivity contribution in [2.75, 3.05) is 6.26 Å². The molecule has 0 fully saturated rings. The van der Waals surface area contributed by atoms with Crippen LogP contribution >= 0.6 is 0 Å². The Morgan fingerprint density at radius 1 is 1.38 bits per heavy atom. The average Bonchev–Trinajstić information content (AvgIpc) is 2.27. The molecule has 0 bridgehead atoms. The van der Waals surface area contributed by atoms with Crippen molar-refractivity contribution in [3.8, 4) is 0 Å². The van der Waals surface area contributed by atoms with Gasteiger partial charge in [-0.05, 0) is 19.3 Å². The molecule has 0 heterocycles. The molecule has 0 spiro atoms. The van der Waals surface area contributed by atoms with Gasteiger partial charge in [-0.2, -0.15) is 0 Å². The molecule has 0 aromatic rings. The Kier molecular flexibility index (Phi) is 4.64. The van der Waals surface area contributed by atoms with E-state index in [-0.39, 0.29) is 0 Å². The fourth-order valence-electron chi connectivity index (χ4n) is 1.26. The molecule has 1 amide bonds. The van der Waals surface area contributed by atoms with Gasteiger partial charge in [0.05, 0.1) is 0 Å². The molecule has 1 atom stereocenters. The molecule has 1 rings (SSSR count). The first kappa shape index (κ1) is 12.9. The zero-order valence-electron chi connectivity index (χ0n) is 9.26. The molecule has 0 aliphatic heterocycles. The van der Waals surface area contributed by atoms with E-state index in [4.69, 9.17) is 5.14 Å². The summed E-state index contributed by atoms with van der Waals surface area (Å²) in [5.74, 6) is -0.512. The van der Waals surface area contributed by atoms with Crippen LogP contribution in [0, 0.1) is 0 Å². The van der Waals surface area contributed by atoms with Crippen LogP contribution in [0.25, 0.3) is 0 Å². The van der Waals surface area contributed by atoms with Crippen molar-refractivity contribution in [1.29, 1.82) is 0 Å². The van der Waals surface area contributed by atoms with E-state index in [1.54, 1.807) is 12.2 Å². The number of nitrogens with zero attached hydrogens (tertiary/aromatic N) is 1. The molecular weight excluding hydrogens is 224 g/mol. The summed E-state index contributed by atoms with van der Waals surface area (Å²) in [6, 6.07) is 0. The van der Waals surface area contributed by atoms with Gasteiger partial charge in [0.2, 0.25) is 0 Å². The Labute approximate surface area is 96.2 Å². The van der Waals surface area contributed by atoms with Crippen LogP contribution in [0.4, 0.5) is 0 Å². The Morgan fingerprint density at radius 2 is 2.06 bits per heavy atom. The van der Waals surface area contributed by atoms with Crippen molar-refractivity contribution in [3.63, 3.8) is 0 Å². The number of rotatable bonds is 1. The third-order valence-electron chi connectivity index (χ3n) is 1.95. The lowest BCUT2D eigenvalue weighted by Crippen LogP contribution is -2.12. The molecule has 5 heteroatoms. The van der Waals surface area contributed by atoms with Crippen LogP contribution in [0.1, 0.15) is 19.3 Å². The second-order valence-electron chi connectivity index (χ2n) is 3.60. The number of carbonyl (C=O) groups is 1. The molecule has 0 aromatic carbocycles. The molecule has 0 aromatic heterocycles. The minimum absolute atomic E-state index is 0.451. The summed E-state index contributed by atoms with van der Waals surface area (Å²) in [5.41, 5.74) is 0.451. The van der Waals surface area contributed by atoms with E-state index in [2.05, 4.69) is 10.4 Å². The first-order valence-electron chi connectivity index (χ1n) is 5.05. The first-order chi connectivity index (χ1) is 7.49. The summed E-state index contributed by atoms with van der Waals surface area (Å²) < 4.78 is 14.6. The van der Waals surface area contributed by atoms with Crippen LogP contribution in [-0.2, 0) is 14.7 Å². The van der Waals surface area contributed by atoms with E-state index in [0.717, 1.165) is 12.8 Å². The van der Waals surface area contributed by atoms with Gasteiger partial charge in [-0.15, -0.1) is 4.36 Å². The quantitative estimate of drug-likeness (QED) is 0.708. The van der Waals surface area contributed by atoms with Crippen molar-refractivity contribution in [3.05, 3.63) is 36.0 Å². The number of hydrogen-bond donors (Lipinski definition) is 1. The van der Waals surface area contributed by atoms with Gasteiger partial charge in [-0.1, -0.05) is 30.4 Å². The lowest BCUT2D eigenvalue weighted by molar-refractivity contribution is -0.113. The standard InChI is InChI=1S/C11H16N2O2S/c1-16(12,15)13-11(14)10-8-6-4-2-3-5-7-9-10/h2,4,7-9H,3,5-6H2,1H3,(H2,12,13,14,15)/b4-2-,9-7?,10-8?. The van der Waals surface area contributed by atoms with Crippen molar-refractivity contribution in [2.45, 2.75) is 19.3 Å². The van der Waals surface area contributed by atoms with Gasteiger partial charge in [-0.25, -0.2) is 9.35 Å². The highest BCUT2D eigenvalue weighted by molar-refractivity contribution is 7.91. The lowest BCUT2D eigenvalue weighted by atomic mass is 10.2. The molecule has 0 saturated carbocycles. The molecule has 16 heavy (non-hydrogen) atoms. The summed E-state index contributed by atoms with van der Waals surface area (Å²) in [6.07, 6.45) is 13.2. The first-order valence-corrected chi connectivity index (χ1v) is 7.03. The molecule has 1 aliphatic rings. The highest BCUT2D eigenvalue weighted by Crippen LogP contribution is 2.08. The number of hydrogen-bond acceptors (Lipinski definition) is 2. The van der Waals surface area contributed by atoms with E-state index in [9.17, 15) is 9.00 Å². The number of carbonyl (C=O) groups excluding carboxylic acids is 1. The highest BCUT2D eigenvalue weighted by Gasteiger charge is 2.06. The lowest BCUT2D eigenvalue weighted by Gasteiger charge is -1.97. The monoisotopic (exact) mass is 240 g/mol. The van der Waals surface area contributed by atoms with Gasteiger partial charge in [0.15, 0.2) is 0 Å². The summed E-state index contributed by atoms with van der Waals surface area (Å²) in [4.78, 5) is 11.6. The SMILES string of the molecule is CS(N)(=O)=NC(=O)C1=CC/C=C\CCC=C1. The van der Waals surface area contributed by atoms with Gasteiger partial charge in [0, 0.05) is 11.8 Å². The summed E-state index contributed by atoms with van der Waals surface area (Å²) in [6.45, 7) is 0. The Morgan fingerprint density at radius 3 is 2.75 bits per heavy atom. The molecule has 2 N–H and O–H groups in total. The fourth-order valence-corrected chi connectivity index (χ4v) is 1.69. The zero-order chi connectivity index (χ0) is 12.0. The van der Waals surface area contributed by atoms with E-state index in [1.165, 1.54) is 6.26 Å². The average molecular weight is 240 g/mol. The van der Waals surface area contributed by atoms with E-state index in [1.807, 2.05) is 12.2 Å². The maximum Gasteiger partial charge on any atom is 0.285 e. The van der Waals surface area contributed by atoms with E-state index < -0.39 is 15.8 Å². The van der Waals surface area contributed by atoms with Crippen molar-refractivity contribution in [1.82, 2.24) is 0 Å². The van der Waals surface area contributed by atoms with Crippen LogP contribution in [0.5, 0.6) is 0 Å². The van der Waals surface area contributed by atoms with Gasteiger partial charge >= 0.3 is 0 Å². The predicted molar refractivity (Wildman–Crippen MR) is 65.9 cm³/mol. The Balaban J connectivity index is 2.93. The van der Waals surface area contributed by atoms with E-state index >= 15 is 0 Å². The summed E-state index contributed by atoms with van der Waals surface area (Å²) >= 11 is 0. The van der Waals surface area contributed by atoms with Crippen LogP contribution in [0.15, 0.2) is 40.3 Å². The molecule has 0 radical (unpaired) electrons. The normalized spacial score (nSPS) is 22.0. The van der Waals surface area contributed by atoms with Crippen LogP contribution in [0.2, 0.25) is 0 Å². The third-order valence-corrected chi connectivity index (χ3v) is 2.48. The molecule has 4 nitrogen and oxygen atoms in total. The van der Waals surface area contributed by atoms with Crippen LogP contribution < -0.4 is 5.14 Å². The predicted octanol–water partition coefficient (Wildman–Crippen LogP) is 1.71. The Bertz CT molecular complexity index is 458. The van der Waals surface area contributed by atoms with Crippen molar-refractivity contribution in [2.24, 2.45) is 9.50 Å². The van der Waals surface area contributed by atoms with Crippen LogP contribution in [0.3, 0.4) is 0 Å². The molecule has 1 unspecified atom stereocenters. The van der Waals surface area contributed by atoms with Crippen molar-refractivity contribution < 1.29 is 9.00 Å². The molecular formula is C11H16N2O2S. The zero-order valence-corrected chi connectivity index (χ0v) is 10.1. The maximum absolute atomic E-state index is 11.6. The molecule has 1 aliphatic carbocycles. The maximum atomic E-state index is 11.6. The van der Waals surface area contributed by atoms with Gasteiger partial charge < -0.3 is 0 Å². The fraction of sp³-hybridized carbons (Fsp3) is 0.364. The topological polar surface area (TPSA) is 72.5 Å². The number of nitrogens with two attached hydrogens (primary N) is 1. The third kappa shape index (κ3) is 5.04. The van der Waals surface area contributed by atoms with Gasteiger partial charge in [0.1, 0.15) is 9.92 Å². The van der Waals surface area contributed by atoms with Crippen LogP contribution in [-0.4, -0.2) is 16.4 Å². The molecule has 0 saturated heterocycles. The van der Waals surface area contributed by atoms with Gasteiger partial charge in [-0.3, -0.25) is 4.79 Å². The van der Waals surface area contributed by atoms with Gasteiger partial charge in [0.25, 0.3) is 5.91 Å².